The number of aryl methyl sites for hydroxylation is 1. The fraction of sp³-hybridized carbons (Fsp3) is 0.355. The molecule has 0 atom stereocenters. The summed E-state index contributed by atoms with van der Waals surface area (Å²) in [6, 6.07) is 18.5. The molecule has 1 heterocycles. The van der Waals surface area contributed by atoms with Crippen LogP contribution in [0, 0.1) is 6.92 Å². The van der Waals surface area contributed by atoms with E-state index in [9.17, 15) is 5.11 Å². The minimum absolute atomic E-state index is 0.170. The normalized spacial score (nSPS) is 15.9. The van der Waals surface area contributed by atoms with E-state index < -0.39 is 0 Å². The maximum absolute atomic E-state index is 9.58. The Labute approximate surface area is 200 Å². The lowest BCUT2D eigenvalue weighted by molar-refractivity contribution is 0.110. The van der Waals surface area contributed by atoms with Crippen LogP contribution in [0.3, 0.4) is 0 Å². The molecule has 0 saturated carbocycles. The predicted molar refractivity (Wildman–Crippen MR) is 143 cm³/mol. The second kappa shape index (κ2) is 12.0. The third-order valence-corrected chi connectivity index (χ3v) is 6.53. The number of nitrogens with zero attached hydrogens (tertiary/aromatic N) is 1. The Kier molecular flexibility index (Phi) is 9.05. The van der Waals surface area contributed by atoms with Crippen molar-refractivity contribution in [1.82, 2.24) is 4.90 Å². The third kappa shape index (κ3) is 6.43. The van der Waals surface area contributed by atoms with E-state index in [1.807, 2.05) is 25.2 Å². The first-order valence-corrected chi connectivity index (χ1v) is 12.2. The molecule has 2 aromatic rings. The van der Waals surface area contributed by atoms with E-state index in [1.165, 1.54) is 33.4 Å². The fourth-order valence-electron chi connectivity index (χ4n) is 4.39. The maximum atomic E-state index is 9.58. The van der Waals surface area contributed by atoms with E-state index in [1.54, 1.807) is 0 Å². The molecule has 3 rings (SSSR count). The van der Waals surface area contributed by atoms with Gasteiger partial charge in [-0.1, -0.05) is 85.0 Å². The first-order valence-electron chi connectivity index (χ1n) is 12.2. The summed E-state index contributed by atoms with van der Waals surface area (Å²) in [6.07, 6.45) is 9.65. The molecule has 0 amide bonds. The fourth-order valence-corrected chi connectivity index (χ4v) is 4.39. The average Bonchev–Trinajstić information content (AvgIpc) is 2.77. The van der Waals surface area contributed by atoms with Crippen LogP contribution in [0.4, 0.5) is 0 Å². The van der Waals surface area contributed by atoms with Gasteiger partial charge < -0.3 is 5.11 Å². The van der Waals surface area contributed by atoms with E-state index in [0.29, 0.717) is 18.4 Å². The van der Waals surface area contributed by atoms with Crippen LogP contribution in [-0.4, -0.2) is 35.7 Å². The van der Waals surface area contributed by atoms with Crippen LogP contribution in [0.5, 0.6) is 0 Å². The predicted octanol–water partition coefficient (Wildman–Crippen LogP) is 7.07. The molecule has 1 aliphatic rings. The highest BCUT2D eigenvalue weighted by Crippen LogP contribution is 2.35. The largest absolute Gasteiger partial charge is 0.396 e. The van der Waals surface area contributed by atoms with Gasteiger partial charge in [0.25, 0.3) is 0 Å². The Morgan fingerprint density at radius 3 is 2.18 bits per heavy atom. The summed E-state index contributed by atoms with van der Waals surface area (Å²) in [7, 11) is 0. The smallest absolute Gasteiger partial charge is 0.0434 e. The van der Waals surface area contributed by atoms with Gasteiger partial charge in [-0.05, 0) is 73.9 Å². The van der Waals surface area contributed by atoms with Gasteiger partial charge >= 0.3 is 0 Å². The molecule has 0 unspecified atom stereocenters. The lowest BCUT2D eigenvalue weighted by Crippen LogP contribution is -2.48. The van der Waals surface area contributed by atoms with Gasteiger partial charge in [-0.2, -0.15) is 0 Å². The molecule has 0 bridgehead atoms. The highest BCUT2D eigenvalue weighted by atomic mass is 16.2. The van der Waals surface area contributed by atoms with Gasteiger partial charge in [0, 0.05) is 31.7 Å². The van der Waals surface area contributed by atoms with Crippen LogP contribution < -0.4 is 0 Å². The molecule has 0 spiro atoms. The van der Waals surface area contributed by atoms with Crippen LogP contribution in [0.15, 0.2) is 90.6 Å². The zero-order valence-electron chi connectivity index (χ0n) is 20.7. The molecular formula is C31H39NO. The third-order valence-electron chi connectivity index (χ3n) is 6.53. The van der Waals surface area contributed by atoms with Gasteiger partial charge in [-0.15, -0.1) is 0 Å². The Hall–Kier alpha value is -2.68. The summed E-state index contributed by atoms with van der Waals surface area (Å²) >= 11 is 0. The van der Waals surface area contributed by atoms with Gasteiger partial charge in [0.1, 0.15) is 0 Å². The first kappa shape index (κ1) is 25.0. The van der Waals surface area contributed by atoms with Crippen molar-refractivity contribution in [3.8, 4) is 0 Å². The molecule has 0 radical (unpaired) electrons. The average molecular weight is 442 g/mol. The monoisotopic (exact) mass is 441 g/mol. The lowest BCUT2D eigenvalue weighted by Gasteiger charge is -2.42. The number of hydrogen-bond donors (Lipinski definition) is 1. The molecule has 0 aliphatic carbocycles. The van der Waals surface area contributed by atoms with Crippen LogP contribution >= 0.6 is 0 Å². The summed E-state index contributed by atoms with van der Waals surface area (Å²) in [5.74, 6) is 0.626. The number of aliphatic hydroxyl groups is 1. The van der Waals surface area contributed by atoms with Gasteiger partial charge in [0.2, 0.25) is 0 Å². The minimum atomic E-state index is 0.170. The highest BCUT2D eigenvalue weighted by Gasteiger charge is 2.29. The molecule has 174 valence electrons. The van der Waals surface area contributed by atoms with E-state index in [0.717, 1.165) is 25.1 Å². The van der Waals surface area contributed by atoms with E-state index in [-0.39, 0.29) is 6.61 Å². The standard InChI is InChI=1S/C31H39NO/c1-6-7-8-10-25(5)30(11-9-20-33)31(27-14-12-24(4)13-15-27)28-18-16-26(17-19-28)29-21-32(22-29)23(2)3/h6-8,10,12-19,23,29,33H,5,9,11,20-22H2,1-4H3/b7-6-,10-8-,31-30-. The van der Waals surface area contributed by atoms with Crippen molar-refractivity contribution in [2.24, 2.45) is 0 Å². The van der Waals surface area contributed by atoms with Gasteiger partial charge in [-0.3, -0.25) is 4.90 Å². The van der Waals surface area contributed by atoms with E-state index >= 15 is 0 Å². The number of rotatable bonds is 10. The highest BCUT2D eigenvalue weighted by molar-refractivity contribution is 5.85. The molecule has 1 N–H and O–H groups in total. The molecule has 2 aromatic carbocycles. The van der Waals surface area contributed by atoms with Crippen LogP contribution in [0.25, 0.3) is 5.57 Å². The van der Waals surface area contributed by atoms with Crippen molar-refractivity contribution in [1.29, 1.82) is 0 Å². The molecule has 1 aliphatic heterocycles. The first-order chi connectivity index (χ1) is 15.9. The topological polar surface area (TPSA) is 23.5 Å². The van der Waals surface area contributed by atoms with Crippen molar-refractivity contribution in [2.75, 3.05) is 19.7 Å². The zero-order chi connectivity index (χ0) is 23.8. The Morgan fingerprint density at radius 1 is 1.03 bits per heavy atom. The van der Waals surface area contributed by atoms with E-state index in [4.69, 9.17) is 0 Å². The number of aliphatic hydroxyl groups excluding tert-OH is 1. The summed E-state index contributed by atoms with van der Waals surface area (Å²) in [5, 5.41) is 9.58. The second-order valence-corrected chi connectivity index (χ2v) is 9.32. The minimum Gasteiger partial charge on any atom is -0.396 e. The Balaban J connectivity index is 2.02. The molecule has 0 aromatic heterocycles. The molecule has 1 saturated heterocycles. The number of hydrogen-bond acceptors (Lipinski definition) is 2. The van der Waals surface area contributed by atoms with E-state index in [2.05, 4.69) is 86.9 Å². The van der Waals surface area contributed by atoms with Gasteiger partial charge in [0.15, 0.2) is 0 Å². The summed E-state index contributed by atoms with van der Waals surface area (Å²) in [5.41, 5.74) is 8.46. The molecular weight excluding hydrogens is 402 g/mol. The van der Waals surface area contributed by atoms with Crippen molar-refractivity contribution < 1.29 is 5.11 Å². The van der Waals surface area contributed by atoms with Crippen LogP contribution in [0.2, 0.25) is 0 Å². The van der Waals surface area contributed by atoms with Crippen molar-refractivity contribution in [3.63, 3.8) is 0 Å². The molecule has 2 nitrogen and oxygen atoms in total. The number of allylic oxidation sites excluding steroid dienone is 6. The van der Waals surface area contributed by atoms with Crippen molar-refractivity contribution in [3.05, 3.63) is 113 Å². The van der Waals surface area contributed by atoms with Gasteiger partial charge in [0.05, 0.1) is 0 Å². The van der Waals surface area contributed by atoms with Gasteiger partial charge in [-0.25, -0.2) is 0 Å². The quantitative estimate of drug-likeness (QED) is 0.399. The Morgan fingerprint density at radius 2 is 1.64 bits per heavy atom. The Bertz CT molecular complexity index is 1000. The zero-order valence-corrected chi connectivity index (χ0v) is 20.7. The molecule has 33 heavy (non-hydrogen) atoms. The lowest BCUT2D eigenvalue weighted by atomic mass is 9.85. The number of likely N-dealkylation sites (tertiary alicyclic amines) is 1. The summed E-state index contributed by atoms with van der Waals surface area (Å²) in [6.45, 7) is 15.5. The second-order valence-electron chi connectivity index (χ2n) is 9.32. The van der Waals surface area contributed by atoms with Crippen LogP contribution in [0.1, 0.15) is 61.8 Å². The van der Waals surface area contributed by atoms with Crippen molar-refractivity contribution >= 4 is 5.57 Å². The number of benzene rings is 2. The van der Waals surface area contributed by atoms with Crippen molar-refractivity contribution in [2.45, 2.75) is 52.5 Å². The van der Waals surface area contributed by atoms with Crippen LogP contribution in [-0.2, 0) is 0 Å². The molecule has 2 heteroatoms. The SMILES string of the molecule is C=C(/C=C\C=C/C)/C(CCCO)=C(/c1ccc(C)cc1)c1ccc(C2CN(C(C)C)C2)cc1. The summed E-state index contributed by atoms with van der Waals surface area (Å²) in [4.78, 5) is 2.52. The maximum Gasteiger partial charge on any atom is 0.0434 e. The molecule has 1 fully saturated rings. The summed E-state index contributed by atoms with van der Waals surface area (Å²) < 4.78 is 0.